The van der Waals surface area contributed by atoms with Gasteiger partial charge in [-0.2, -0.15) is 10.4 Å². The Balaban J connectivity index is 2.41. The lowest BCUT2D eigenvalue weighted by Gasteiger charge is -1.98. The van der Waals surface area contributed by atoms with Crippen LogP contribution in [-0.4, -0.2) is 10.1 Å². The van der Waals surface area contributed by atoms with Crippen LogP contribution in [0, 0.1) is 30.1 Å². The quantitative estimate of drug-likeness (QED) is 0.655. The van der Waals surface area contributed by atoms with Gasteiger partial charge in [0, 0.05) is 24.9 Å². The molecule has 2 aromatic rings. The summed E-state index contributed by atoms with van der Waals surface area (Å²) in [5.41, 5.74) is 3.26. The first-order valence-electron chi connectivity index (χ1n) is 5.42. The summed E-state index contributed by atoms with van der Waals surface area (Å²) in [5, 5.41) is 15.0. The van der Waals surface area contributed by atoms with Crippen molar-refractivity contribution in [2.45, 2.75) is 20.4 Å². The van der Waals surface area contributed by atoms with Gasteiger partial charge in [-0.3, -0.25) is 4.98 Å². The number of H-pyrrole nitrogens is 1. The lowest BCUT2D eigenvalue weighted by Crippen LogP contribution is -2.39. The van der Waals surface area contributed by atoms with Crippen LogP contribution in [0.1, 0.15) is 22.5 Å². The number of hydrogen-bond acceptors (Lipinski definition) is 4. The highest BCUT2D eigenvalue weighted by atomic mass is 16.3. The average molecular weight is 242 g/mol. The minimum absolute atomic E-state index is 0.419. The first-order valence-corrected chi connectivity index (χ1v) is 5.42. The molecule has 2 heterocycles. The predicted molar refractivity (Wildman–Crippen MR) is 64.0 cm³/mol. The maximum absolute atomic E-state index is 10.7. The fourth-order valence-electron chi connectivity index (χ4n) is 1.86. The average Bonchev–Trinajstić information content (AvgIpc) is 2.65. The molecular weight excluding hydrogens is 230 g/mol. The van der Waals surface area contributed by atoms with E-state index in [-0.39, 0.29) is 0 Å². The summed E-state index contributed by atoms with van der Waals surface area (Å²) in [6.07, 6.45) is 3.17. The van der Waals surface area contributed by atoms with E-state index in [9.17, 15) is 4.91 Å². The first-order chi connectivity index (χ1) is 8.67. The molecule has 0 amide bonds. The topological polar surface area (TPSA) is 85.8 Å². The number of aromatic nitrogens is 3. The van der Waals surface area contributed by atoms with Gasteiger partial charge in [-0.15, -0.1) is 9.59 Å². The van der Waals surface area contributed by atoms with E-state index in [1.54, 1.807) is 23.9 Å². The second-order valence-corrected chi connectivity index (χ2v) is 3.99. The van der Waals surface area contributed by atoms with Gasteiger partial charge in [0.25, 0.3) is 0 Å². The Labute approximate surface area is 104 Å². The summed E-state index contributed by atoms with van der Waals surface area (Å²) in [4.78, 5) is 14.6. The van der Waals surface area contributed by atoms with Crippen LogP contribution in [0.15, 0.2) is 23.6 Å². The fraction of sp³-hybridized carbons (Fsp3) is 0.250. The largest absolute Gasteiger partial charge is 0.263 e. The van der Waals surface area contributed by atoms with Gasteiger partial charge >= 0.3 is 0 Å². The third-order valence-corrected chi connectivity index (χ3v) is 2.86. The van der Waals surface area contributed by atoms with Gasteiger partial charge < -0.3 is 0 Å². The Morgan fingerprint density at radius 2 is 2.33 bits per heavy atom. The number of nitrogens with one attached hydrogen (secondary N) is 1. The molecule has 0 saturated carbocycles. The molecule has 18 heavy (non-hydrogen) atoms. The van der Waals surface area contributed by atoms with Crippen LogP contribution in [0.5, 0.6) is 0 Å². The molecule has 1 N–H and O–H groups in total. The summed E-state index contributed by atoms with van der Waals surface area (Å²) in [6, 6.07) is 3.88. The van der Waals surface area contributed by atoms with Crippen molar-refractivity contribution in [3.63, 3.8) is 0 Å². The molecule has 0 radical (unpaired) electrons. The minimum Gasteiger partial charge on any atom is -0.263 e. The lowest BCUT2D eigenvalue weighted by molar-refractivity contribution is -0.747. The van der Waals surface area contributed by atoms with Crippen molar-refractivity contribution in [3.8, 4) is 6.07 Å². The van der Waals surface area contributed by atoms with Gasteiger partial charge in [0.15, 0.2) is 6.54 Å². The molecular formula is C12H12N5O+. The van der Waals surface area contributed by atoms with E-state index in [0.717, 1.165) is 17.0 Å². The van der Waals surface area contributed by atoms with Crippen LogP contribution >= 0.6 is 0 Å². The zero-order valence-corrected chi connectivity index (χ0v) is 10.1. The normalized spacial score (nSPS) is 10.1. The molecule has 0 atom stereocenters. The molecule has 0 aromatic carbocycles. The molecule has 0 aliphatic heterocycles. The molecule has 0 aliphatic rings. The SMILES string of the molecule is Cc1[nH][n+](Cc2ccncc2C#N)c(C)c1N=O. The van der Waals surface area contributed by atoms with Gasteiger partial charge in [0.05, 0.1) is 5.56 Å². The zero-order chi connectivity index (χ0) is 13.1. The zero-order valence-electron chi connectivity index (χ0n) is 10.1. The van der Waals surface area contributed by atoms with Crippen molar-refractivity contribution in [2.24, 2.45) is 5.18 Å². The van der Waals surface area contributed by atoms with Crippen LogP contribution < -0.4 is 4.68 Å². The Morgan fingerprint density at radius 1 is 1.56 bits per heavy atom. The molecule has 6 nitrogen and oxygen atoms in total. The Morgan fingerprint density at radius 3 is 2.94 bits per heavy atom. The van der Waals surface area contributed by atoms with E-state index in [0.29, 0.717) is 17.8 Å². The summed E-state index contributed by atoms with van der Waals surface area (Å²) in [5.74, 6) is 0. The van der Waals surface area contributed by atoms with Crippen molar-refractivity contribution in [1.82, 2.24) is 10.1 Å². The molecule has 2 aromatic heterocycles. The van der Waals surface area contributed by atoms with Gasteiger partial charge in [-0.1, -0.05) is 0 Å². The minimum atomic E-state index is 0.419. The molecule has 90 valence electrons. The second kappa shape index (κ2) is 4.75. The number of hydrogen-bond donors (Lipinski definition) is 1. The Hall–Kier alpha value is -2.55. The first kappa shape index (κ1) is 11.9. The Kier molecular flexibility index (Phi) is 3.15. The molecule has 0 saturated heterocycles. The van der Waals surface area contributed by atoms with Crippen molar-refractivity contribution in [1.29, 1.82) is 5.26 Å². The molecule has 6 heteroatoms. The van der Waals surface area contributed by atoms with Crippen LogP contribution in [0.3, 0.4) is 0 Å². The lowest BCUT2D eigenvalue weighted by atomic mass is 10.1. The molecule has 0 spiro atoms. The standard InChI is InChI=1S/C12H11N5O/c1-8-12(16-18)9(2)17(15-8)7-10-3-4-14-6-11(10)5-13/h3-4,6H,7H2,1-2H3/p+1. The van der Waals surface area contributed by atoms with Crippen LogP contribution in [0.25, 0.3) is 0 Å². The highest BCUT2D eigenvalue weighted by molar-refractivity contribution is 5.42. The van der Waals surface area contributed by atoms with Crippen molar-refractivity contribution in [3.05, 3.63) is 45.9 Å². The molecule has 0 aliphatic carbocycles. The smallest absolute Gasteiger partial charge is 0.234 e. The number of nitrogens with zero attached hydrogens (tertiary/aromatic N) is 4. The Bertz CT molecular complexity index is 638. The number of pyridine rings is 1. The molecule has 2 rings (SSSR count). The summed E-state index contributed by atoms with van der Waals surface area (Å²) in [7, 11) is 0. The molecule has 0 unspecified atom stereocenters. The van der Waals surface area contributed by atoms with Crippen molar-refractivity contribution >= 4 is 5.69 Å². The monoisotopic (exact) mass is 242 g/mol. The van der Waals surface area contributed by atoms with Crippen molar-refractivity contribution in [2.75, 3.05) is 0 Å². The highest BCUT2D eigenvalue weighted by Crippen LogP contribution is 2.18. The van der Waals surface area contributed by atoms with E-state index in [1.165, 1.54) is 6.20 Å². The highest BCUT2D eigenvalue weighted by Gasteiger charge is 2.20. The maximum atomic E-state index is 10.7. The third-order valence-electron chi connectivity index (χ3n) is 2.86. The van der Waals surface area contributed by atoms with Crippen molar-refractivity contribution < 1.29 is 4.68 Å². The summed E-state index contributed by atoms with van der Waals surface area (Å²) < 4.78 is 1.79. The number of nitriles is 1. The summed E-state index contributed by atoms with van der Waals surface area (Å²) >= 11 is 0. The molecule has 0 fully saturated rings. The van der Waals surface area contributed by atoms with Gasteiger partial charge in [-0.05, 0) is 18.2 Å². The van der Waals surface area contributed by atoms with E-state index < -0.39 is 0 Å². The fourth-order valence-corrected chi connectivity index (χ4v) is 1.86. The van der Waals surface area contributed by atoms with E-state index in [4.69, 9.17) is 5.26 Å². The third kappa shape index (κ3) is 1.98. The van der Waals surface area contributed by atoms with Crippen LogP contribution in [0.4, 0.5) is 5.69 Å². The number of aryl methyl sites for hydroxylation is 1. The van der Waals surface area contributed by atoms with Gasteiger partial charge in [0.2, 0.25) is 11.4 Å². The number of rotatable bonds is 3. The second-order valence-electron chi connectivity index (χ2n) is 3.99. The van der Waals surface area contributed by atoms with E-state index in [2.05, 4.69) is 21.3 Å². The van der Waals surface area contributed by atoms with Gasteiger partial charge in [0.1, 0.15) is 11.8 Å². The predicted octanol–water partition coefficient (Wildman–Crippen LogP) is 1.63. The maximum Gasteiger partial charge on any atom is 0.234 e. The summed E-state index contributed by atoms with van der Waals surface area (Å²) in [6.45, 7) is 4.08. The van der Waals surface area contributed by atoms with Crippen LogP contribution in [0.2, 0.25) is 0 Å². The van der Waals surface area contributed by atoms with E-state index >= 15 is 0 Å². The van der Waals surface area contributed by atoms with Gasteiger partial charge in [-0.25, -0.2) is 0 Å². The molecule has 0 bridgehead atoms. The number of nitroso groups, excluding NO2 is 1. The number of aromatic amines is 1. The van der Waals surface area contributed by atoms with E-state index in [1.807, 2.05) is 6.92 Å². The van der Waals surface area contributed by atoms with Crippen LogP contribution in [-0.2, 0) is 6.54 Å².